The summed E-state index contributed by atoms with van der Waals surface area (Å²) in [5.41, 5.74) is 0.973. The lowest BCUT2D eigenvalue weighted by Gasteiger charge is -2.31. The van der Waals surface area contributed by atoms with Gasteiger partial charge >= 0.3 is 0 Å². The highest BCUT2D eigenvalue weighted by molar-refractivity contribution is 7.92. The van der Waals surface area contributed by atoms with Crippen molar-refractivity contribution in [3.8, 4) is 0 Å². The van der Waals surface area contributed by atoms with Crippen LogP contribution in [0.3, 0.4) is 0 Å². The molecule has 1 atom stereocenters. The Morgan fingerprint density at radius 3 is 2.15 bits per heavy atom. The molecule has 3 aromatic rings. The maximum absolute atomic E-state index is 13.0. The van der Waals surface area contributed by atoms with Crippen LogP contribution in [0.4, 0.5) is 11.4 Å². The summed E-state index contributed by atoms with van der Waals surface area (Å²) in [6.45, 7) is 0.326. The first-order chi connectivity index (χ1) is 18.3. The summed E-state index contributed by atoms with van der Waals surface area (Å²) < 4.78 is 55.3. The zero-order chi connectivity index (χ0) is 28.4. The molecule has 14 heteroatoms. The molecule has 1 unspecified atom stereocenters. The molecule has 0 saturated carbocycles. The smallest absolute Gasteiger partial charge is 0.261 e. The number of sulfonamides is 2. The summed E-state index contributed by atoms with van der Waals surface area (Å²) in [5.74, 6) is -1.24. The first kappa shape index (κ1) is 29.9. The van der Waals surface area contributed by atoms with Crippen molar-refractivity contribution in [3.05, 3.63) is 86.3 Å². The van der Waals surface area contributed by atoms with Gasteiger partial charge in [-0.1, -0.05) is 52.5 Å². The predicted molar refractivity (Wildman–Crippen MR) is 156 cm³/mol. The van der Waals surface area contributed by atoms with Gasteiger partial charge in [0.1, 0.15) is 0 Å². The Morgan fingerprint density at radius 1 is 0.872 bits per heavy atom. The summed E-state index contributed by atoms with van der Waals surface area (Å²) in [4.78, 5) is 12.9. The van der Waals surface area contributed by atoms with Crippen LogP contribution >= 0.6 is 46.4 Å². The Labute approximate surface area is 247 Å². The van der Waals surface area contributed by atoms with E-state index in [4.69, 9.17) is 46.4 Å². The number of halogens is 4. The molecule has 0 radical (unpaired) electrons. The number of piperidine rings is 1. The number of nitrogens with one attached hydrogen (secondary N) is 2. The molecule has 208 valence electrons. The van der Waals surface area contributed by atoms with Crippen molar-refractivity contribution in [2.75, 3.05) is 23.1 Å². The van der Waals surface area contributed by atoms with E-state index in [1.54, 1.807) is 12.1 Å². The maximum Gasteiger partial charge on any atom is 0.261 e. The summed E-state index contributed by atoms with van der Waals surface area (Å²) in [7, 11) is -7.68. The molecule has 39 heavy (non-hydrogen) atoms. The molecule has 0 aliphatic carbocycles. The molecule has 4 rings (SSSR count). The molecule has 0 aromatic heterocycles. The molecule has 0 spiro atoms. The molecule has 1 saturated heterocycles. The number of rotatable bonds is 8. The number of carbonyl (C=O) groups excluding carboxylic acids is 1. The van der Waals surface area contributed by atoms with Crippen molar-refractivity contribution in [1.82, 2.24) is 4.31 Å². The summed E-state index contributed by atoms with van der Waals surface area (Å²) >= 11 is 24.0. The number of hydrogen-bond donors (Lipinski definition) is 2. The largest absolute Gasteiger partial charge is 0.326 e. The normalized spacial score (nSPS) is 16.6. The van der Waals surface area contributed by atoms with Crippen LogP contribution in [-0.2, 0) is 30.6 Å². The lowest BCUT2D eigenvalue weighted by Crippen LogP contribution is -2.44. The van der Waals surface area contributed by atoms with Crippen molar-refractivity contribution in [1.29, 1.82) is 0 Å². The SMILES string of the molecule is O=C(Nc1ccc(S(=O)(=O)Nc2ccc(Cl)cc2Cl)cc1)C1CCCN(S(=O)(=O)Cc2ccc(Cl)cc2Cl)C1. The third-order valence-corrected chi connectivity index (χ3v) is 10.4. The number of hydrogen-bond acceptors (Lipinski definition) is 5. The molecule has 1 aliphatic rings. The zero-order valence-corrected chi connectivity index (χ0v) is 24.9. The molecule has 0 bridgehead atoms. The summed E-state index contributed by atoms with van der Waals surface area (Å²) in [5, 5.41) is 3.93. The van der Waals surface area contributed by atoms with Crippen molar-refractivity contribution in [2.24, 2.45) is 5.92 Å². The Bertz CT molecular complexity index is 1600. The van der Waals surface area contributed by atoms with Gasteiger partial charge in [0.25, 0.3) is 10.0 Å². The van der Waals surface area contributed by atoms with Gasteiger partial charge in [0.05, 0.1) is 27.3 Å². The Morgan fingerprint density at radius 2 is 1.51 bits per heavy atom. The fourth-order valence-electron chi connectivity index (χ4n) is 4.07. The second-order valence-electron chi connectivity index (χ2n) is 8.93. The second kappa shape index (κ2) is 12.2. The van der Waals surface area contributed by atoms with Gasteiger partial charge in [-0.25, -0.2) is 21.1 Å². The van der Waals surface area contributed by atoms with E-state index in [2.05, 4.69) is 10.0 Å². The zero-order valence-electron chi connectivity index (χ0n) is 20.2. The molecule has 8 nitrogen and oxygen atoms in total. The minimum Gasteiger partial charge on any atom is -0.326 e. The van der Waals surface area contributed by atoms with Crippen LogP contribution < -0.4 is 10.0 Å². The standard InChI is InChI=1S/C25H23Cl4N3O5S2/c26-18-4-3-17(22(28)12-18)15-38(34,35)32-11-1-2-16(14-32)25(33)30-20-6-8-21(9-7-20)39(36,37)31-24-10-5-19(27)13-23(24)29/h3-10,12-13,16,31H,1-2,11,14-15H2,(H,30,33). The number of benzene rings is 3. The second-order valence-corrected chi connectivity index (χ2v) is 14.3. The average Bonchev–Trinajstić information content (AvgIpc) is 2.88. The van der Waals surface area contributed by atoms with E-state index >= 15 is 0 Å². The Balaban J connectivity index is 1.39. The van der Waals surface area contributed by atoms with E-state index < -0.39 is 26.0 Å². The van der Waals surface area contributed by atoms with E-state index in [-0.39, 0.29) is 38.8 Å². The quantitative estimate of drug-likeness (QED) is 0.298. The fourth-order valence-corrected chi connectivity index (χ4v) is 7.86. The predicted octanol–water partition coefficient (Wildman–Crippen LogP) is 6.28. The topological polar surface area (TPSA) is 113 Å². The van der Waals surface area contributed by atoms with Crippen LogP contribution in [0.25, 0.3) is 0 Å². The molecular formula is C25H23Cl4N3O5S2. The van der Waals surface area contributed by atoms with E-state index in [9.17, 15) is 21.6 Å². The van der Waals surface area contributed by atoms with Gasteiger partial charge in [0.2, 0.25) is 15.9 Å². The number of carbonyl (C=O) groups is 1. The summed E-state index contributed by atoms with van der Waals surface area (Å²) in [6.07, 6.45) is 1.03. The van der Waals surface area contributed by atoms with Crippen LogP contribution in [0, 0.1) is 5.92 Å². The van der Waals surface area contributed by atoms with E-state index in [1.807, 2.05) is 0 Å². The Hall–Kier alpha value is -2.05. The van der Waals surface area contributed by atoms with Crippen molar-refractivity contribution >= 4 is 83.7 Å². The minimum atomic E-state index is -3.95. The van der Waals surface area contributed by atoms with Crippen LogP contribution in [0.2, 0.25) is 20.1 Å². The van der Waals surface area contributed by atoms with Crippen molar-refractivity contribution in [3.63, 3.8) is 0 Å². The number of nitrogens with zero attached hydrogens (tertiary/aromatic N) is 1. The highest BCUT2D eigenvalue weighted by Crippen LogP contribution is 2.29. The van der Waals surface area contributed by atoms with Crippen LogP contribution in [0.1, 0.15) is 18.4 Å². The van der Waals surface area contributed by atoms with E-state index in [0.717, 1.165) is 0 Å². The van der Waals surface area contributed by atoms with Gasteiger partial charge in [0.15, 0.2) is 0 Å². The molecular weight excluding hydrogens is 628 g/mol. The molecule has 1 aliphatic heterocycles. The van der Waals surface area contributed by atoms with Gasteiger partial charge in [-0.05, 0) is 73.0 Å². The van der Waals surface area contributed by atoms with E-state index in [0.29, 0.717) is 40.7 Å². The van der Waals surface area contributed by atoms with Gasteiger partial charge in [-0.2, -0.15) is 0 Å². The Kier molecular flexibility index (Phi) is 9.37. The van der Waals surface area contributed by atoms with Crippen LogP contribution in [-0.4, -0.2) is 40.1 Å². The molecule has 1 heterocycles. The molecule has 2 N–H and O–H groups in total. The molecule has 1 fully saturated rings. The molecule has 1 amide bonds. The van der Waals surface area contributed by atoms with Gasteiger partial charge in [-0.15, -0.1) is 0 Å². The maximum atomic E-state index is 13.0. The highest BCUT2D eigenvalue weighted by Gasteiger charge is 2.33. The number of amides is 1. The monoisotopic (exact) mass is 649 g/mol. The first-order valence-corrected chi connectivity index (χ1v) is 16.2. The highest BCUT2D eigenvalue weighted by atomic mass is 35.5. The lowest BCUT2D eigenvalue weighted by atomic mass is 9.99. The van der Waals surface area contributed by atoms with Gasteiger partial charge < -0.3 is 5.32 Å². The molecule has 3 aromatic carbocycles. The van der Waals surface area contributed by atoms with Crippen molar-refractivity contribution < 1.29 is 21.6 Å². The third kappa shape index (κ3) is 7.58. The first-order valence-electron chi connectivity index (χ1n) is 11.6. The minimum absolute atomic E-state index is 0.0254. The van der Waals surface area contributed by atoms with E-state index in [1.165, 1.54) is 52.8 Å². The number of anilines is 2. The van der Waals surface area contributed by atoms with Gasteiger partial charge in [0, 0.05) is 33.8 Å². The van der Waals surface area contributed by atoms with Gasteiger partial charge in [-0.3, -0.25) is 9.52 Å². The van der Waals surface area contributed by atoms with Crippen LogP contribution in [0.15, 0.2) is 65.6 Å². The van der Waals surface area contributed by atoms with Crippen LogP contribution in [0.5, 0.6) is 0 Å². The lowest BCUT2D eigenvalue weighted by molar-refractivity contribution is -0.120. The fraction of sp³-hybridized carbons (Fsp3) is 0.240. The third-order valence-electron chi connectivity index (χ3n) is 6.11. The average molecular weight is 651 g/mol. The summed E-state index contributed by atoms with van der Waals surface area (Å²) in [6, 6.07) is 14.6. The van der Waals surface area contributed by atoms with Crippen molar-refractivity contribution in [2.45, 2.75) is 23.5 Å².